The molecule has 0 aliphatic heterocycles. The van der Waals surface area contributed by atoms with E-state index in [4.69, 9.17) is 0 Å². The molecule has 0 unspecified atom stereocenters. The highest BCUT2D eigenvalue weighted by Crippen LogP contribution is 2.62. The van der Waals surface area contributed by atoms with Crippen LogP contribution in [0.15, 0.2) is 4.99 Å². The van der Waals surface area contributed by atoms with Crippen molar-refractivity contribution in [3.8, 4) is 0 Å². The lowest BCUT2D eigenvalue weighted by atomic mass is 9.70. The Bertz CT molecular complexity index is 386. The molecule has 0 aromatic carbocycles. The number of carbonyl (C=O) groups excluding carboxylic acids is 1. The van der Waals surface area contributed by atoms with E-state index in [2.05, 4.69) is 46.5 Å². The highest BCUT2D eigenvalue weighted by Gasteiger charge is 2.64. The van der Waals surface area contributed by atoms with Crippen molar-refractivity contribution in [2.24, 2.45) is 27.2 Å². The molecule has 17 heavy (non-hydrogen) atoms. The average Bonchev–Trinajstić information content (AvgIpc) is 2.46. The van der Waals surface area contributed by atoms with Crippen molar-refractivity contribution >= 4 is 11.5 Å². The molecule has 0 radical (unpaired) electrons. The lowest BCUT2D eigenvalue weighted by Crippen LogP contribution is -2.33. The molecule has 2 atom stereocenters. The molecular formula is C15H25NO. The zero-order valence-electron chi connectivity index (χ0n) is 12.1. The van der Waals surface area contributed by atoms with Gasteiger partial charge in [-0.15, -0.1) is 0 Å². The maximum Gasteiger partial charge on any atom is 0.183 e. The Kier molecular flexibility index (Phi) is 2.58. The van der Waals surface area contributed by atoms with Crippen LogP contribution in [0.5, 0.6) is 0 Å². The van der Waals surface area contributed by atoms with Gasteiger partial charge in [0.25, 0.3) is 0 Å². The minimum atomic E-state index is -0.158. The van der Waals surface area contributed by atoms with Gasteiger partial charge in [0.2, 0.25) is 0 Å². The Morgan fingerprint density at radius 1 is 1.29 bits per heavy atom. The highest BCUT2D eigenvalue weighted by atomic mass is 16.1. The van der Waals surface area contributed by atoms with Crippen LogP contribution in [0.2, 0.25) is 0 Å². The van der Waals surface area contributed by atoms with E-state index in [-0.39, 0.29) is 16.2 Å². The maximum atomic E-state index is 12.5. The molecular weight excluding hydrogens is 210 g/mol. The zero-order chi connectivity index (χ0) is 13.1. The molecule has 96 valence electrons. The molecule has 0 N–H and O–H groups in total. The lowest BCUT2D eigenvalue weighted by Gasteiger charge is -2.31. The number of rotatable bonds is 1. The quantitative estimate of drug-likeness (QED) is 0.684. The minimum Gasteiger partial charge on any atom is -0.292 e. The van der Waals surface area contributed by atoms with E-state index in [0.29, 0.717) is 11.7 Å². The molecule has 2 aliphatic carbocycles. The molecule has 0 aromatic heterocycles. The van der Waals surface area contributed by atoms with Crippen molar-refractivity contribution in [1.29, 1.82) is 0 Å². The molecule has 2 bridgehead atoms. The van der Waals surface area contributed by atoms with Gasteiger partial charge in [-0.25, -0.2) is 0 Å². The number of ketones is 1. The molecule has 2 aliphatic rings. The van der Waals surface area contributed by atoms with Gasteiger partial charge in [0, 0.05) is 17.9 Å². The van der Waals surface area contributed by atoms with Gasteiger partial charge in [-0.2, -0.15) is 0 Å². The standard InChI is InChI=1S/C15H25NO/c1-13(2,3)9-16-11-10-7-8-15(6,12(11)17)14(10,4)5/h10H,7-9H2,1-6H3/t10-,15+/m1/s1. The van der Waals surface area contributed by atoms with Crippen molar-refractivity contribution in [3.05, 3.63) is 0 Å². The molecule has 2 nitrogen and oxygen atoms in total. The van der Waals surface area contributed by atoms with Gasteiger partial charge >= 0.3 is 0 Å². The second-order valence-corrected chi connectivity index (χ2v) is 7.74. The summed E-state index contributed by atoms with van der Waals surface area (Å²) in [6.07, 6.45) is 2.18. The van der Waals surface area contributed by atoms with Crippen LogP contribution in [0.4, 0.5) is 0 Å². The largest absolute Gasteiger partial charge is 0.292 e. The number of fused-ring (bicyclic) bond motifs is 2. The third kappa shape index (κ3) is 1.68. The summed E-state index contributed by atoms with van der Waals surface area (Å²) in [5.41, 5.74) is 0.994. The van der Waals surface area contributed by atoms with Crippen LogP contribution in [0.25, 0.3) is 0 Å². The van der Waals surface area contributed by atoms with Gasteiger partial charge < -0.3 is 0 Å². The SMILES string of the molecule is CC(C)(C)CN=C1C(=O)[C@]2(C)CC[C@H]1C2(C)C. The highest BCUT2D eigenvalue weighted by molar-refractivity contribution is 6.45. The van der Waals surface area contributed by atoms with Crippen LogP contribution in [0.1, 0.15) is 54.4 Å². The first kappa shape index (κ1) is 12.8. The molecule has 0 heterocycles. The zero-order valence-corrected chi connectivity index (χ0v) is 12.1. The number of hydrogen-bond acceptors (Lipinski definition) is 2. The second-order valence-electron chi connectivity index (χ2n) is 7.74. The van der Waals surface area contributed by atoms with Crippen LogP contribution in [-0.4, -0.2) is 18.0 Å². The molecule has 2 rings (SSSR count). The lowest BCUT2D eigenvalue weighted by molar-refractivity contribution is -0.123. The summed E-state index contributed by atoms with van der Waals surface area (Å²) in [7, 11) is 0. The van der Waals surface area contributed by atoms with Gasteiger partial charge in [-0.3, -0.25) is 9.79 Å². The summed E-state index contributed by atoms with van der Waals surface area (Å²) >= 11 is 0. The van der Waals surface area contributed by atoms with Crippen LogP contribution < -0.4 is 0 Å². The Labute approximate surface area is 105 Å². The van der Waals surface area contributed by atoms with Crippen molar-refractivity contribution in [1.82, 2.24) is 0 Å². The first-order valence-corrected chi connectivity index (χ1v) is 6.69. The third-order valence-corrected chi connectivity index (χ3v) is 5.01. The topological polar surface area (TPSA) is 29.4 Å². The fourth-order valence-corrected chi connectivity index (χ4v) is 3.33. The molecule has 2 heteroatoms. The molecule has 0 amide bonds. The first-order valence-electron chi connectivity index (χ1n) is 6.69. The number of carbonyl (C=O) groups is 1. The van der Waals surface area contributed by atoms with Crippen molar-refractivity contribution in [2.75, 3.05) is 6.54 Å². The van der Waals surface area contributed by atoms with Crippen LogP contribution in [-0.2, 0) is 4.79 Å². The maximum absolute atomic E-state index is 12.5. The minimum absolute atomic E-state index is 0.0980. The van der Waals surface area contributed by atoms with E-state index in [1.165, 1.54) is 0 Å². The van der Waals surface area contributed by atoms with Gasteiger partial charge in [-0.1, -0.05) is 41.5 Å². The molecule has 2 saturated carbocycles. The fraction of sp³-hybridized carbons (Fsp3) is 0.867. The summed E-state index contributed by atoms with van der Waals surface area (Å²) in [6, 6.07) is 0. The fourth-order valence-electron chi connectivity index (χ4n) is 3.33. The molecule has 0 spiro atoms. The Hall–Kier alpha value is -0.660. The monoisotopic (exact) mass is 235 g/mol. The van der Waals surface area contributed by atoms with E-state index in [0.717, 1.165) is 25.1 Å². The smallest absolute Gasteiger partial charge is 0.183 e. The summed E-state index contributed by atoms with van der Waals surface area (Å²) < 4.78 is 0. The number of aliphatic imine (C=N–C) groups is 1. The second kappa shape index (κ2) is 3.43. The Morgan fingerprint density at radius 3 is 2.29 bits per heavy atom. The first-order chi connectivity index (χ1) is 7.59. The van der Waals surface area contributed by atoms with Crippen molar-refractivity contribution in [2.45, 2.75) is 54.4 Å². The Balaban J connectivity index is 2.32. The van der Waals surface area contributed by atoms with Gasteiger partial charge in [0.05, 0.1) is 5.71 Å². The summed E-state index contributed by atoms with van der Waals surface area (Å²) in [6.45, 7) is 13.9. The predicted octanol–water partition coefficient (Wildman–Crippen LogP) is 3.50. The Morgan fingerprint density at radius 2 is 1.88 bits per heavy atom. The molecule has 0 saturated heterocycles. The number of Topliss-reactive ketones (excluding diaryl/α,β-unsaturated/α-hetero) is 1. The van der Waals surface area contributed by atoms with E-state index in [1.54, 1.807) is 0 Å². The number of hydrogen-bond donors (Lipinski definition) is 0. The summed E-state index contributed by atoms with van der Waals surface area (Å²) in [4.78, 5) is 17.2. The van der Waals surface area contributed by atoms with E-state index in [9.17, 15) is 4.79 Å². The van der Waals surface area contributed by atoms with Gasteiger partial charge in [0.1, 0.15) is 0 Å². The van der Waals surface area contributed by atoms with Crippen LogP contribution in [0.3, 0.4) is 0 Å². The summed E-state index contributed by atoms with van der Waals surface area (Å²) in [5, 5.41) is 0. The molecule has 0 aromatic rings. The third-order valence-electron chi connectivity index (χ3n) is 5.01. The predicted molar refractivity (Wildman–Crippen MR) is 71.4 cm³/mol. The van der Waals surface area contributed by atoms with E-state index in [1.807, 2.05) is 0 Å². The normalized spacial score (nSPS) is 38.1. The number of nitrogens with zero attached hydrogens (tertiary/aromatic N) is 1. The van der Waals surface area contributed by atoms with Crippen LogP contribution >= 0.6 is 0 Å². The van der Waals surface area contributed by atoms with E-state index >= 15 is 0 Å². The average molecular weight is 235 g/mol. The molecule has 2 fully saturated rings. The van der Waals surface area contributed by atoms with E-state index < -0.39 is 0 Å². The van der Waals surface area contributed by atoms with Gasteiger partial charge in [-0.05, 0) is 23.7 Å². The summed E-state index contributed by atoms with van der Waals surface area (Å²) in [5.74, 6) is 0.713. The van der Waals surface area contributed by atoms with Crippen molar-refractivity contribution in [3.63, 3.8) is 0 Å². The van der Waals surface area contributed by atoms with Crippen LogP contribution in [0, 0.1) is 22.2 Å². The van der Waals surface area contributed by atoms with Gasteiger partial charge in [0.15, 0.2) is 5.78 Å². The van der Waals surface area contributed by atoms with Crippen molar-refractivity contribution < 1.29 is 4.79 Å².